The summed E-state index contributed by atoms with van der Waals surface area (Å²) in [6, 6.07) is 3.62. The van der Waals surface area contributed by atoms with Gasteiger partial charge in [0.15, 0.2) is 5.78 Å². The zero-order chi connectivity index (χ0) is 15.5. The van der Waals surface area contributed by atoms with Gasteiger partial charge in [-0.25, -0.2) is 4.79 Å². The van der Waals surface area contributed by atoms with Crippen molar-refractivity contribution >= 4 is 11.9 Å². The van der Waals surface area contributed by atoms with Gasteiger partial charge in [0.2, 0.25) is 0 Å². The molecular formula is C15H23N3O3. The van der Waals surface area contributed by atoms with Gasteiger partial charge in [-0.1, -0.05) is 0 Å². The molecule has 0 aromatic carbocycles. The number of aromatic nitrogens is 1. The molecule has 2 rings (SSSR count). The first-order valence-corrected chi connectivity index (χ1v) is 7.22. The van der Waals surface area contributed by atoms with Crippen LogP contribution in [-0.4, -0.2) is 53.0 Å². The van der Waals surface area contributed by atoms with Crippen LogP contribution < -0.4 is 5.32 Å². The number of hydrogen-bond acceptors (Lipinski definition) is 4. The molecule has 1 amide bonds. The number of Topliss-reactive ketones (excluding diaryl/α,β-unsaturated/α-hetero) is 1. The molecule has 1 atom stereocenters. The lowest BCUT2D eigenvalue weighted by molar-refractivity contribution is 0.0506. The molecule has 1 aliphatic heterocycles. The number of amides is 1. The topological polar surface area (TPSA) is 74.4 Å². The average Bonchev–Trinajstić information content (AvgIpc) is 2.97. The van der Waals surface area contributed by atoms with Crippen molar-refractivity contribution in [3.8, 4) is 0 Å². The van der Waals surface area contributed by atoms with Gasteiger partial charge in [0.05, 0.1) is 12.2 Å². The molecule has 0 radical (unpaired) electrons. The summed E-state index contributed by atoms with van der Waals surface area (Å²) in [5.41, 5.74) is 0.130. The number of alkyl carbamates (subject to hydrolysis) is 1. The van der Waals surface area contributed by atoms with E-state index in [0.29, 0.717) is 18.8 Å². The van der Waals surface area contributed by atoms with Crippen LogP contribution in [0.5, 0.6) is 0 Å². The van der Waals surface area contributed by atoms with E-state index in [1.807, 2.05) is 31.7 Å². The van der Waals surface area contributed by atoms with Crippen LogP contribution in [0.3, 0.4) is 0 Å². The number of rotatable bonds is 4. The number of likely N-dealkylation sites (tertiary alicyclic amines) is 1. The van der Waals surface area contributed by atoms with Gasteiger partial charge in [-0.15, -0.1) is 0 Å². The van der Waals surface area contributed by atoms with Crippen LogP contribution in [0.1, 0.15) is 37.7 Å². The van der Waals surface area contributed by atoms with E-state index in [-0.39, 0.29) is 11.8 Å². The van der Waals surface area contributed by atoms with E-state index in [4.69, 9.17) is 4.74 Å². The van der Waals surface area contributed by atoms with E-state index in [9.17, 15) is 9.59 Å². The molecule has 0 saturated carbocycles. The Labute approximate surface area is 124 Å². The number of ketones is 1. The smallest absolute Gasteiger partial charge is 0.407 e. The quantitative estimate of drug-likeness (QED) is 0.830. The summed E-state index contributed by atoms with van der Waals surface area (Å²) in [6.45, 7) is 7.35. The maximum absolute atomic E-state index is 12.0. The van der Waals surface area contributed by atoms with Crippen LogP contribution in [0.2, 0.25) is 0 Å². The SMILES string of the molecule is CC(C)(C)OC(=O)N[C@@H]1CCN(CC(=O)c2ccc[nH]2)C1. The van der Waals surface area contributed by atoms with Crippen LogP contribution in [0.25, 0.3) is 0 Å². The molecule has 1 aromatic heterocycles. The van der Waals surface area contributed by atoms with Crippen molar-refractivity contribution in [3.63, 3.8) is 0 Å². The van der Waals surface area contributed by atoms with Gasteiger partial charge >= 0.3 is 6.09 Å². The molecule has 1 saturated heterocycles. The van der Waals surface area contributed by atoms with E-state index in [1.165, 1.54) is 0 Å². The van der Waals surface area contributed by atoms with E-state index < -0.39 is 11.7 Å². The fourth-order valence-electron chi connectivity index (χ4n) is 2.36. The summed E-state index contributed by atoms with van der Waals surface area (Å²) < 4.78 is 5.23. The third kappa shape index (κ3) is 4.90. The Balaban J connectivity index is 1.76. The third-order valence-corrected chi connectivity index (χ3v) is 3.26. The fraction of sp³-hybridized carbons (Fsp3) is 0.600. The molecule has 116 valence electrons. The average molecular weight is 293 g/mol. The highest BCUT2D eigenvalue weighted by Crippen LogP contribution is 2.12. The number of ether oxygens (including phenoxy) is 1. The van der Waals surface area contributed by atoms with Crippen LogP contribution in [0, 0.1) is 0 Å². The first-order valence-electron chi connectivity index (χ1n) is 7.22. The maximum atomic E-state index is 12.0. The number of carbonyl (C=O) groups is 2. The first kappa shape index (κ1) is 15.6. The molecule has 1 aliphatic rings. The summed E-state index contributed by atoms with van der Waals surface area (Å²) in [6.07, 6.45) is 2.17. The van der Waals surface area contributed by atoms with Gasteiger partial charge in [-0.2, -0.15) is 0 Å². The minimum Gasteiger partial charge on any atom is -0.444 e. The summed E-state index contributed by atoms with van der Waals surface area (Å²) in [4.78, 5) is 28.7. The van der Waals surface area contributed by atoms with Crippen molar-refractivity contribution in [2.24, 2.45) is 0 Å². The minimum absolute atomic E-state index is 0.0382. The Kier molecular flexibility index (Phi) is 4.67. The first-order chi connectivity index (χ1) is 9.83. The highest BCUT2D eigenvalue weighted by Gasteiger charge is 2.27. The Bertz CT molecular complexity index is 491. The maximum Gasteiger partial charge on any atom is 0.407 e. The molecule has 1 fully saturated rings. The van der Waals surface area contributed by atoms with E-state index in [0.717, 1.165) is 13.0 Å². The molecule has 0 unspecified atom stereocenters. The Morgan fingerprint density at radius 2 is 2.24 bits per heavy atom. The summed E-state index contributed by atoms with van der Waals surface area (Å²) in [7, 11) is 0. The zero-order valence-electron chi connectivity index (χ0n) is 12.8. The molecule has 0 aliphatic carbocycles. The van der Waals surface area contributed by atoms with Gasteiger partial charge < -0.3 is 15.0 Å². The molecule has 0 bridgehead atoms. The van der Waals surface area contributed by atoms with Crippen LogP contribution >= 0.6 is 0 Å². The lowest BCUT2D eigenvalue weighted by atomic mass is 10.2. The van der Waals surface area contributed by atoms with Crippen molar-refractivity contribution in [1.82, 2.24) is 15.2 Å². The van der Waals surface area contributed by atoms with Gasteiger partial charge in [-0.05, 0) is 39.3 Å². The standard InChI is InChI=1S/C15H23N3O3/c1-15(2,3)21-14(20)17-11-6-8-18(9-11)10-13(19)12-5-4-7-16-12/h4-5,7,11,16H,6,8-10H2,1-3H3,(H,17,20)/t11-/m1/s1. The highest BCUT2D eigenvalue weighted by atomic mass is 16.6. The molecule has 2 heterocycles. The predicted octanol–water partition coefficient (Wildman–Crippen LogP) is 1.80. The van der Waals surface area contributed by atoms with Crippen molar-refractivity contribution in [3.05, 3.63) is 24.0 Å². The third-order valence-electron chi connectivity index (χ3n) is 3.26. The molecule has 0 spiro atoms. The molecule has 6 heteroatoms. The van der Waals surface area contributed by atoms with Crippen LogP contribution in [0.15, 0.2) is 18.3 Å². The number of hydrogen-bond donors (Lipinski definition) is 2. The summed E-state index contributed by atoms with van der Waals surface area (Å²) in [5, 5.41) is 2.85. The molecule has 1 aromatic rings. The summed E-state index contributed by atoms with van der Waals surface area (Å²) in [5.74, 6) is 0.0675. The lowest BCUT2D eigenvalue weighted by Crippen LogP contribution is -2.41. The van der Waals surface area contributed by atoms with E-state index in [2.05, 4.69) is 10.3 Å². The van der Waals surface area contributed by atoms with Crippen LogP contribution in [0.4, 0.5) is 4.79 Å². The second kappa shape index (κ2) is 6.30. The van der Waals surface area contributed by atoms with E-state index in [1.54, 1.807) is 12.3 Å². The number of H-pyrrole nitrogens is 1. The second-order valence-corrected chi connectivity index (χ2v) is 6.37. The zero-order valence-corrected chi connectivity index (χ0v) is 12.8. The lowest BCUT2D eigenvalue weighted by Gasteiger charge is -2.22. The number of aromatic amines is 1. The molecule has 6 nitrogen and oxygen atoms in total. The van der Waals surface area contributed by atoms with Crippen molar-refractivity contribution < 1.29 is 14.3 Å². The predicted molar refractivity (Wildman–Crippen MR) is 79.3 cm³/mol. The monoisotopic (exact) mass is 293 g/mol. The number of carbonyl (C=O) groups excluding carboxylic acids is 2. The molecule has 21 heavy (non-hydrogen) atoms. The van der Waals surface area contributed by atoms with Crippen molar-refractivity contribution in [1.29, 1.82) is 0 Å². The Morgan fingerprint density at radius 1 is 1.48 bits per heavy atom. The molecular weight excluding hydrogens is 270 g/mol. The van der Waals surface area contributed by atoms with Crippen LogP contribution in [-0.2, 0) is 4.74 Å². The van der Waals surface area contributed by atoms with Gasteiger partial charge in [0.1, 0.15) is 5.60 Å². The number of nitrogens with zero attached hydrogens (tertiary/aromatic N) is 1. The number of nitrogens with one attached hydrogen (secondary N) is 2. The second-order valence-electron chi connectivity index (χ2n) is 6.37. The highest BCUT2D eigenvalue weighted by molar-refractivity contribution is 5.95. The van der Waals surface area contributed by atoms with Gasteiger partial charge in [-0.3, -0.25) is 9.69 Å². The van der Waals surface area contributed by atoms with Crippen molar-refractivity contribution in [2.45, 2.75) is 38.8 Å². The van der Waals surface area contributed by atoms with Crippen molar-refractivity contribution in [2.75, 3.05) is 19.6 Å². The van der Waals surface area contributed by atoms with Gasteiger partial charge in [0.25, 0.3) is 0 Å². The van der Waals surface area contributed by atoms with E-state index >= 15 is 0 Å². The fourth-order valence-corrected chi connectivity index (χ4v) is 2.36. The van der Waals surface area contributed by atoms with Gasteiger partial charge in [0, 0.05) is 25.3 Å². The Hall–Kier alpha value is -1.82. The Morgan fingerprint density at radius 3 is 2.86 bits per heavy atom. The molecule has 2 N–H and O–H groups in total. The largest absolute Gasteiger partial charge is 0.444 e. The summed E-state index contributed by atoms with van der Waals surface area (Å²) >= 11 is 0. The minimum atomic E-state index is -0.494. The normalized spacial score (nSPS) is 19.5.